The number of carboxylic acids is 1. The van der Waals surface area contributed by atoms with E-state index in [1.54, 1.807) is 30.5 Å². The summed E-state index contributed by atoms with van der Waals surface area (Å²) >= 11 is 0. The quantitative estimate of drug-likeness (QED) is 0.353. The van der Waals surface area contributed by atoms with Crippen molar-refractivity contribution in [2.75, 3.05) is 5.32 Å². The van der Waals surface area contributed by atoms with Crippen LogP contribution in [0.25, 0.3) is 11.3 Å². The average molecular weight is 453 g/mol. The Balaban J connectivity index is 0.00000256. The summed E-state index contributed by atoms with van der Waals surface area (Å²) < 4.78 is 1.14. The van der Waals surface area contributed by atoms with Crippen LogP contribution in [0.1, 0.15) is 18.0 Å². The van der Waals surface area contributed by atoms with Gasteiger partial charge in [-0.1, -0.05) is 30.0 Å². The molecule has 2 amide bonds. The minimum atomic E-state index is -1.38. The van der Waals surface area contributed by atoms with Gasteiger partial charge in [0.05, 0.1) is 17.9 Å². The number of urea groups is 1. The van der Waals surface area contributed by atoms with Crippen LogP contribution in [0.2, 0.25) is 0 Å². The average Bonchev–Trinajstić information content (AvgIpc) is 2.74. The fourth-order valence-corrected chi connectivity index (χ4v) is 2.82. The second kappa shape index (κ2) is 12.7. The van der Waals surface area contributed by atoms with E-state index in [2.05, 4.69) is 20.6 Å². The molecule has 10 nitrogen and oxygen atoms in total. The summed E-state index contributed by atoms with van der Waals surface area (Å²) in [7, 11) is 1.43. The van der Waals surface area contributed by atoms with E-state index in [0.29, 0.717) is 16.8 Å². The van der Waals surface area contributed by atoms with Crippen molar-refractivity contribution in [3.05, 3.63) is 71.0 Å². The van der Waals surface area contributed by atoms with E-state index in [4.69, 9.17) is 0 Å². The molecule has 0 spiro atoms. The molecule has 0 radical (unpaired) electrons. The number of hydrogen-bond donors (Lipinski definition) is 2. The third-order valence-corrected chi connectivity index (χ3v) is 4.29. The number of anilines is 1. The number of pyridine rings is 1. The van der Waals surface area contributed by atoms with Crippen LogP contribution >= 0.6 is 0 Å². The minimum absolute atomic E-state index is 0. The SMILES string of the molecule is Cn1ccc([O-])c(NC(=O)N[C@@H](CC(=O)[O-])c2cccc(-c3cnccn3)c2)c1=O.[Na+].[Na+]. The van der Waals surface area contributed by atoms with Gasteiger partial charge in [0.25, 0.3) is 5.56 Å². The van der Waals surface area contributed by atoms with Crippen LogP contribution in [-0.2, 0) is 11.8 Å². The number of nitrogens with zero attached hydrogens (tertiary/aromatic N) is 3. The van der Waals surface area contributed by atoms with Gasteiger partial charge in [-0.15, -0.1) is 0 Å². The van der Waals surface area contributed by atoms with Crippen LogP contribution < -0.4 is 85.5 Å². The molecule has 1 aromatic carbocycles. The number of aryl methyl sites for hydroxylation is 1. The first kappa shape index (κ1) is 27.8. The van der Waals surface area contributed by atoms with Crippen LogP contribution in [0.3, 0.4) is 0 Å². The first-order valence-electron chi connectivity index (χ1n) is 8.85. The van der Waals surface area contributed by atoms with Gasteiger partial charge in [-0.2, -0.15) is 0 Å². The maximum Gasteiger partial charge on any atom is 1.00 e. The standard InChI is InChI=1S/C20H19N5O5.2Na/c1-25-8-5-16(26)18(19(25)29)24-20(30)23-14(10-17(27)28)12-3-2-4-13(9-12)15-11-21-6-7-22-15;;/h2-9,11,14,26H,10H2,1H3,(H,27,28)(H2,23,24,30);;/q;2*+1/p-2/t14-;;/m0../s1. The summed E-state index contributed by atoms with van der Waals surface area (Å²) in [5, 5.41) is 27.8. The molecule has 3 rings (SSSR count). The molecule has 0 aliphatic rings. The van der Waals surface area contributed by atoms with Crippen LogP contribution in [0.5, 0.6) is 5.75 Å². The Morgan fingerprint density at radius 1 is 1.19 bits per heavy atom. The Bertz CT molecular complexity index is 1140. The van der Waals surface area contributed by atoms with Crippen LogP contribution in [0.4, 0.5) is 10.5 Å². The summed E-state index contributed by atoms with van der Waals surface area (Å²) in [6.45, 7) is 0. The molecule has 3 aromatic rings. The van der Waals surface area contributed by atoms with E-state index in [0.717, 1.165) is 10.6 Å². The van der Waals surface area contributed by atoms with Crippen molar-refractivity contribution in [3.63, 3.8) is 0 Å². The minimum Gasteiger partial charge on any atom is -0.871 e. The van der Waals surface area contributed by atoms with Crippen molar-refractivity contribution in [1.82, 2.24) is 19.9 Å². The van der Waals surface area contributed by atoms with Crippen LogP contribution in [0, 0.1) is 0 Å². The van der Waals surface area contributed by atoms with E-state index >= 15 is 0 Å². The molecule has 0 bridgehead atoms. The summed E-state index contributed by atoms with van der Waals surface area (Å²) in [6.07, 6.45) is 5.36. The molecule has 2 heterocycles. The topological polar surface area (TPSA) is 152 Å². The molecular weight excluding hydrogens is 436 g/mol. The summed E-state index contributed by atoms with van der Waals surface area (Å²) in [6, 6.07) is 6.01. The second-order valence-corrected chi connectivity index (χ2v) is 6.41. The van der Waals surface area contributed by atoms with E-state index < -0.39 is 41.5 Å². The van der Waals surface area contributed by atoms with Gasteiger partial charge in [-0.05, 0) is 11.6 Å². The maximum absolute atomic E-state index is 12.4. The molecule has 1 atom stereocenters. The fraction of sp³-hybridized carbons (Fsp3) is 0.150. The molecule has 0 saturated heterocycles. The van der Waals surface area contributed by atoms with Gasteiger partial charge in [0.2, 0.25) is 0 Å². The number of carbonyl (C=O) groups is 2. The van der Waals surface area contributed by atoms with Gasteiger partial charge < -0.3 is 30.2 Å². The van der Waals surface area contributed by atoms with Gasteiger partial charge >= 0.3 is 65.1 Å². The summed E-state index contributed by atoms with van der Waals surface area (Å²) in [5.74, 6) is -2.04. The Kier molecular flexibility index (Phi) is 11.1. The first-order chi connectivity index (χ1) is 14.3. The predicted octanol–water partition coefficient (Wildman–Crippen LogP) is -6.07. The normalized spacial score (nSPS) is 10.8. The summed E-state index contributed by atoms with van der Waals surface area (Å²) in [4.78, 5) is 43.9. The number of rotatable bonds is 6. The monoisotopic (exact) mass is 453 g/mol. The van der Waals surface area contributed by atoms with Gasteiger partial charge in [0.1, 0.15) is 5.69 Å². The van der Waals surface area contributed by atoms with Crippen molar-refractivity contribution < 1.29 is 78.9 Å². The Morgan fingerprint density at radius 3 is 2.59 bits per heavy atom. The molecule has 2 aromatic heterocycles. The Hall–Kier alpha value is -2.21. The number of amides is 2. The van der Waals surface area contributed by atoms with E-state index in [9.17, 15) is 24.6 Å². The second-order valence-electron chi connectivity index (χ2n) is 6.41. The van der Waals surface area contributed by atoms with Crippen LogP contribution in [-0.4, -0.2) is 26.5 Å². The Morgan fingerprint density at radius 2 is 1.94 bits per heavy atom. The van der Waals surface area contributed by atoms with Crippen molar-refractivity contribution in [2.24, 2.45) is 7.05 Å². The molecule has 12 heteroatoms. The van der Waals surface area contributed by atoms with Crippen LogP contribution in [0.15, 0.2) is 59.9 Å². The number of aliphatic carboxylic acids is 1. The number of aromatic nitrogens is 3. The van der Waals surface area contributed by atoms with Crippen molar-refractivity contribution in [2.45, 2.75) is 12.5 Å². The molecule has 0 fully saturated rings. The number of carboxylic acid groups (broad SMARTS) is 1. The molecule has 0 unspecified atom stereocenters. The smallest absolute Gasteiger partial charge is 0.871 e. The largest absolute Gasteiger partial charge is 1.00 e. The van der Waals surface area contributed by atoms with Crippen molar-refractivity contribution in [3.8, 4) is 17.0 Å². The molecular formula is C20H17N5Na2O5. The first-order valence-corrected chi connectivity index (χ1v) is 8.85. The Labute approximate surface area is 227 Å². The molecule has 32 heavy (non-hydrogen) atoms. The predicted molar refractivity (Wildman–Crippen MR) is 103 cm³/mol. The van der Waals surface area contributed by atoms with Gasteiger partial charge in [-0.3, -0.25) is 14.8 Å². The zero-order valence-corrected chi connectivity index (χ0v) is 21.9. The van der Waals surface area contributed by atoms with E-state index in [1.165, 1.54) is 25.6 Å². The number of nitrogens with one attached hydrogen (secondary N) is 2. The van der Waals surface area contributed by atoms with Gasteiger partial charge in [0, 0.05) is 43.6 Å². The number of benzene rings is 1. The van der Waals surface area contributed by atoms with Gasteiger partial charge in [-0.25, -0.2) is 4.79 Å². The van der Waals surface area contributed by atoms with E-state index in [-0.39, 0.29) is 59.1 Å². The third-order valence-electron chi connectivity index (χ3n) is 4.29. The third kappa shape index (κ3) is 7.16. The molecule has 154 valence electrons. The zero-order chi connectivity index (χ0) is 21.7. The van der Waals surface area contributed by atoms with Crippen molar-refractivity contribution in [1.29, 1.82) is 0 Å². The number of hydrogen-bond acceptors (Lipinski definition) is 7. The van der Waals surface area contributed by atoms with E-state index in [1.807, 2.05) is 0 Å². The molecule has 0 aliphatic carbocycles. The fourth-order valence-electron chi connectivity index (χ4n) is 2.82. The molecule has 2 N–H and O–H groups in total. The van der Waals surface area contributed by atoms with Crippen molar-refractivity contribution >= 4 is 17.7 Å². The summed E-state index contributed by atoms with van der Waals surface area (Å²) in [5.41, 5.74) is 0.599. The zero-order valence-electron chi connectivity index (χ0n) is 17.9. The molecule has 0 aliphatic heterocycles. The maximum atomic E-state index is 12.4. The van der Waals surface area contributed by atoms with Gasteiger partial charge in [0.15, 0.2) is 0 Å². The number of carbonyl (C=O) groups excluding carboxylic acids is 2. The molecule has 0 saturated carbocycles.